The molecule has 29 heavy (non-hydrogen) atoms. The first-order chi connectivity index (χ1) is 13.9. The Labute approximate surface area is 181 Å². The van der Waals surface area contributed by atoms with Crippen LogP contribution in [0.25, 0.3) is 0 Å². The van der Waals surface area contributed by atoms with Gasteiger partial charge in [-0.15, -0.1) is 11.8 Å². The molecule has 0 aromatic heterocycles. The van der Waals surface area contributed by atoms with E-state index in [1.165, 1.54) is 36.0 Å². The quantitative estimate of drug-likeness (QED) is 0.446. The number of hydrogen-bond donors (Lipinski definition) is 2. The Morgan fingerprint density at radius 3 is 2.07 bits per heavy atom. The number of halogens is 3. The molecular formula is C21H15Cl2FN2O2S. The van der Waals surface area contributed by atoms with Crippen LogP contribution >= 0.6 is 35.0 Å². The van der Waals surface area contributed by atoms with Crippen LogP contribution in [0.5, 0.6) is 0 Å². The lowest BCUT2D eigenvalue weighted by Crippen LogP contribution is -2.14. The van der Waals surface area contributed by atoms with Gasteiger partial charge < -0.3 is 10.6 Å². The van der Waals surface area contributed by atoms with Crippen molar-refractivity contribution in [3.05, 3.63) is 88.2 Å². The van der Waals surface area contributed by atoms with E-state index in [0.717, 1.165) is 4.90 Å². The molecule has 2 amide bonds. The van der Waals surface area contributed by atoms with E-state index in [2.05, 4.69) is 10.6 Å². The van der Waals surface area contributed by atoms with Crippen molar-refractivity contribution in [3.63, 3.8) is 0 Å². The Bertz CT molecular complexity index is 1010. The van der Waals surface area contributed by atoms with Crippen molar-refractivity contribution in [2.75, 3.05) is 16.4 Å². The Morgan fingerprint density at radius 2 is 1.45 bits per heavy atom. The third-order valence-corrected chi connectivity index (χ3v) is 5.18. The van der Waals surface area contributed by atoms with Gasteiger partial charge in [0.25, 0.3) is 5.91 Å². The van der Waals surface area contributed by atoms with Gasteiger partial charge in [-0.05, 0) is 66.7 Å². The van der Waals surface area contributed by atoms with Crippen LogP contribution in [0.15, 0.2) is 71.6 Å². The number of thioether (sulfide) groups is 1. The molecule has 0 radical (unpaired) electrons. The minimum atomic E-state index is -0.398. The lowest BCUT2D eigenvalue weighted by atomic mass is 10.2. The fourth-order valence-electron chi connectivity index (χ4n) is 2.41. The van der Waals surface area contributed by atoms with Gasteiger partial charge >= 0.3 is 0 Å². The summed E-state index contributed by atoms with van der Waals surface area (Å²) in [6, 6.07) is 17.2. The molecule has 0 unspecified atom stereocenters. The molecule has 8 heteroatoms. The lowest BCUT2D eigenvalue weighted by Gasteiger charge is -2.08. The van der Waals surface area contributed by atoms with Crippen LogP contribution in [0, 0.1) is 5.82 Å². The van der Waals surface area contributed by atoms with Crippen molar-refractivity contribution in [1.29, 1.82) is 0 Å². The molecule has 0 heterocycles. The fraction of sp³-hybridized carbons (Fsp3) is 0.0476. The molecule has 0 aliphatic heterocycles. The molecule has 0 atom stereocenters. The van der Waals surface area contributed by atoms with Crippen LogP contribution in [0.3, 0.4) is 0 Å². The Hall–Kier alpha value is -2.54. The molecule has 0 aliphatic rings. The van der Waals surface area contributed by atoms with Gasteiger partial charge in [-0.1, -0.05) is 23.2 Å². The van der Waals surface area contributed by atoms with E-state index in [-0.39, 0.29) is 17.6 Å². The summed E-state index contributed by atoms with van der Waals surface area (Å²) in [6.45, 7) is 0. The molecule has 0 bridgehead atoms. The van der Waals surface area contributed by atoms with E-state index in [1.54, 1.807) is 42.5 Å². The van der Waals surface area contributed by atoms with Crippen molar-refractivity contribution in [1.82, 2.24) is 0 Å². The highest BCUT2D eigenvalue weighted by atomic mass is 35.5. The van der Waals surface area contributed by atoms with E-state index in [9.17, 15) is 14.0 Å². The highest BCUT2D eigenvalue weighted by Crippen LogP contribution is 2.24. The number of carbonyl (C=O) groups is 2. The molecular weight excluding hydrogens is 434 g/mol. The summed E-state index contributed by atoms with van der Waals surface area (Å²) < 4.78 is 12.9. The van der Waals surface area contributed by atoms with Crippen LogP contribution in [0.1, 0.15) is 10.4 Å². The Kier molecular flexibility index (Phi) is 7.14. The average Bonchev–Trinajstić information content (AvgIpc) is 2.67. The summed E-state index contributed by atoms with van der Waals surface area (Å²) in [5.74, 6) is -0.719. The van der Waals surface area contributed by atoms with Crippen molar-refractivity contribution in [3.8, 4) is 0 Å². The topological polar surface area (TPSA) is 58.2 Å². The predicted molar refractivity (Wildman–Crippen MR) is 117 cm³/mol. The van der Waals surface area contributed by atoms with Crippen molar-refractivity contribution < 1.29 is 14.0 Å². The molecule has 0 aliphatic carbocycles. The second-order valence-corrected chi connectivity index (χ2v) is 7.90. The Balaban J connectivity index is 1.51. The lowest BCUT2D eigenvalue weighted by molar-refractivity contribution is -0.113. The maximum absolute atomic E-state index is 12.9. The molecule has 2 N–H and O–H groups in total. The first-order valence-electron chi connectivity index (χ1n) is 8.45. The van der Waals surface area contributed by atoms with Crippen molar-refractivity contribution in [2.24, 2.45) is 0 Å². The zero-order chi connectivity index (χ0) is 20.8. The van der Waals surface area contributed by atoms with Gasteiger partial charge in [0.15, 0.2) is 0 Å². The number of rotatable bonds is 6. The number of benzene rings is 3. The van der Waals surface area contributed by atoms with Gasteiger partial charge in [0.1, 0.15) is 5.82 Å². The van der Waals surface area contributed by atoms with Gasteiger partial charge in [0.2, 0.25) is 5.91 Å². The summed E-state index contributed by atoms with van der Waals surface area (Å²) in [6.07, 6.45) is 0. The monoisotopic (exact) mass is 448 g/mol. The summed E-state index contributed by atoms with van der Waals surface area (Å²) in [4.78, 5) is 25.1. The van der Waals surface area contributed by atoms with Crippen LogP contribution in [-0.4, -0.2) is 17.6 Å². The highest BCUT2D eigenvalue weighted by Gasteiger charge is 2.08. The smallest absolute Gasteiger partial charge is 0.255 e. The summed E-state index contributed by atoms with van der Waals surface area (Å²) >= 11 is 13.2. The minimum Gasteiger partial charge on any atom is -0.325 e. The molecule has 0 fully saturated rings. The SMILES string of the molecule is O=C(CSc1ccc(NC(=O)c2ccc(F)cc2)cc1)Nc1cc(Cl)cc(Cl)c1. The van der Waals surface area contributed by atoms with Gasteiger partial charge in [-0.25, -0.2) is 4.39 Å². The van der Waals surface area contributed by atoms with Gasteiger partial charge in [0, 0.05) is 31.9 Å². The maximum atomic E-state index is 12.9. The van der Waals surface area contributed by atoms with Gasteiger partial charge in [-0.2, -0.15) is 0 Å². The van der Waals surface area contributed by atoms with E-state index < -0.39 is 5.82 Å². The van der Waals surface area contributed by atoms with E-state index in [1.807, 2.05) is 0 Å². The molecule has 3 rings (SSSR count). The van der Waals surface area contributed by atoms with E-state index in [4.69, 9.17) is 23.2 Å². The number of hydrogen-bond acceptors (Lipinski definition) is 3. The predicted octanol–water partition coefficient (Wildman–Crippen LogP) is 6.12. The second-order valence-electron chi connectivity index (χ2n) is 5.98. The first-order valence-corrected chi connectivity index (χ1v) is 10.2. The summed E-state index contributed by atoms with van der Waals surface area (Å²) in [5.41, 5.74) is 1.50. The first kappa shape index (κ1) is 21.2. The van der Waals surface area contributed by atoms with Crippen LogP contribution in [0.2, 0.25) is 10.0 Å². The molecule has 4 nitrogen and oxygen atoms in total. The molecule has 0 saturated carbocycles. The molecule has 0 saturated heterocycles. The largest absolute Gasteiger partial charge is 0.325 e. The van der Waals surface area contributed by atoms with Crippen molar-refractivity contribution >= 4 is 58.2 Å². The summed E-state index contributed by atoms with van der Waals surface area (Å²) in [5, 5.41) is 6.37. The molecule has 148 valence electrons. The van der Waals surface area contributed by atoms with Gasteiger partial charge in [0.05, 0.1) is 5.75 Å². The summed E-state index contributed by atoms with van der Waals surface area (Å²) in [7, 11) is 0. The number of nitrogens with one attached hydrogen (secondary N) is 2. The van der Waals surface area contributed by atoms with Crippen LogP contribution in [-0.2, 0) is 4.79 Å². The number of amides is 2. The number of anilines is 2. The van der Waals surface area contributed by atoms with Crippen LogP contribution in [0.4, 0.5) is 15.8 Å². The molecule has 3 aromatic carbocycles. The second kappa shape index (κ2) is 9.78. The number of carbonyl (C=O) groups excluding carboxylic acids is 2. The zero-order valence-corrected chi connectivity index (χ0v) is 17.2. The Morgan fingerprint density at radius 1 is 0.828 bits per heavy atom. The normalized spacial score (nSPS) is 10.4. The minimum absolute atomic E-state index is 0.193. The third-order valence-electron chi connectivity index (χ3n) is 3.73. The molecule has 3 aromatic rings. The standard InChI is InChI=1S/C21H15Cl2FN2O2S/c22-14-9-15(23)11-18(10-14)25-20(27)12-29-19-7-5-17(6-8-19)26-21(28)13-1-3-16(24)4-2-13/h1-11H,12H2,(H,25,27)(H,26,28). The average molecular weight is 449 g/mol. The zero-order valence-electron chi connectivity index (χ0n) is 14.9. The third kappa shape index (κ3) is 6.49. The van der Waals surface area contributed by atoms with E-state index in [0.29, 0.717) is 27.0 Å². The fourth-order valence-corrected chi connectivity index (χ4v) is 3.64. The molecule has 0 spiro atoms. The van der Waals surface area contributed by atoms with Crippen LogP contribution < -0.4 is 10.6 Å². The van der Waals surface area contributed by atoms with E-state index >= 15 is 0 Å². The van der Waals surface area contributed by atoms with Gasteiger partial charge in [-0.3, -0.25) is 9.59 Å². The highest BCUT2D eigenvalue weighted by molar-refractivity contribution is 8.00. The van der Waals surface area contributed by atoms with Crippen molar-refractivity contribution in [2.45, 2.75) is 4.90 Å². The maximum Gasteiger partial charge on any atom is 0.255 e.